The molecule has 0 heterocycles. The van der Waals surface area contributed by atoms with Crippen LogP contribution in [-0.4, -0.2) is 44.8 Å². The molecule has 0 N–H and O–H groups in total. The van der Waals surface area contributed by atoms with Crippen LogP contribution in [0.3, 0.4) is 0 Å². The Balaban J connectivity index is 0.00000648. The van der Waals surface area contributed by atoms with Crippen molar-refractivity contribution in [3.63, 3.8) is 0 Å². The van der Waals surface area contributed by atoms with Crippen molar-refractivity contribution in [1.29, 1.82) is 0 Å². The maximum Gasteiger partial charge on any atom is 0.461 e. The summed E-state index contributed by atoms with van der Waals surface area (Å²) >= 11 is 18.4. The van der Waals surface area contributed by atoms with Crippen LogP contribution in [0, 0.1) is 0 Å². The average molecular weight is 588 g/mol. The molecule has 0 atom stereocenters. The average Bonchev–Trinajstić information content (AvgIpc) is 2.74. The summed E-state index contributed by atoms with van der Waals surface area (Å²) in [6.07, 6.45) is -3.28. The fraction of sp³-hybridized carbons (Fsp3) is 0.480. The van der Waals surface area contributed by atoms with E-state index in [0.29, 0.717) is 34.7 Å². The Morgan fingerprint density at radius 3 is 2.06 bits per heavy atom. The maximum absolute atomic E-state index is 14.2. The molecule has 202 valence electrons. The van der Waals surface area contributed by atoms with Crippen LogP contribution in [0.1, 0.15) is 51.7 Å². The van der Waals surface area contributed by atoms with E-state index in [0.717, 1.165) is 17.4 Å². The molecule has 5 nitrogen and oxygen atoms in total. The number of sulfone groups is 1. The molecule has 0 aliphatic rings. The third-order valence-corrected chi connectivity index (χ3v) is 7.17. The van der Waals surface area contributed by atoms with E-state index in [-0.39, 0.29) is 25.3 Å². The molecule has 2 aromatic carbocycles. The van der Waals surface area contributed by atoms with E-state index in [4.69, 9.17) is 39.5 Å². The summed E-state index contributed by atoms with van der Waals surface area (Å²) < 4.78 is 60.9. The summed E-state index contributed by atoms with van der Waals surface area (Å²) in [5.74, 6) is -1.23. The first-order chi connectivity index (χ1) is 16.2. The number of hydrogen-bond acceptors (Lipinski definition) is 5. The lowest BCUT2D eigenvalue weighted by Crippen LogP contribution is -2.35. The first kappa shape index (κ1) is 32.4. The largest absolute Gasteiger partial charge is 0.490 e. The van der Waals surface area contributed by atoms with Crippen molar-refractivity contribution in [2.75, 3.05) is 24.5 Å². The van der Waals surface area contributed by atoms with Crippen molar-refractivity contribution in [2.45, 2.75) is 52.1 Å². The van der Waals surface area contributed by atoms with Crippen LogP contribution in [0.4, 0.5) is 8.78 Å². The van der Waals surface area contributed by atoms with Gasteiger partial charge in [0.05, 0.1) is 22.4 Å². The van der Waals surface area contributed by atoms with Crippen LogP contribution in [0.2, 0.25) is 10.0 Å². The van der Waals surface area contributed by atoms with Gasteiger partial charge < -0.3 is 9.47 Å². The highest BCUT2D eigenvalue weighted by Crippen LogP contribution is 2.41. The molecule has 0 saturated heterocycles. The number of carbonyl (C=O) groups is 1. The predicted octanol–water partition coefficient (Wildman–Crippen LogP) is 7.33. The zero-order valence-electron chi connectivity index (χ0n) is 19.5. The molecule has 0 aliphatic heterocycles. The van der Waals surface area contributed by atoms with E-state index in [1.807, 2.05) is 13.8 Å². The summed E-state index contributed by atoms with van der Waals surface area (Å²) in [7, 11) is -3.35. The molecule has 0 fully saturated rings. The van der Waals surface area contributed by atoms with Gasteiger partial charge in [0.25, 0.3) is 0 Å². The number of alkyl halides is 3. The van der Waals surface area contributed by atoms with Gasteiger partial charge >= 0.3 is 6.11 Å². The molecule has 2 aromatic rings. The quantitative estimate of drug-likeness (QED) is 0.181. The Labute approximate surface area is 226 Å². The fourth-order valence-corrected chi connectivity index (χ4v) is 4.61. The van der Waals surface area contributed by atoms with Gasteiger partial charge in [-0.15, -0.1) is 11.6 Å². The minimum absolute atomic E-state index is 0. The van der Waals surface area contributed by atoms with E-state index < -0.39 is 33.6 Å². The molecule has 0 amide bonds. The molecular formula is C25H31Cl3F2O5S. The van der Waals surface area contributed by atoms with Gasteiger partial charge in [0, 0.05) is 24.0 Å². The molecule has 0 unspecified atom stereocenters. The zero-order chi connectivity index (χ0) is 26.4. The van der Waals surface area contributed by atoms with Crippen molar-refractivity contribution in [1.82, 2.24) is 0 Å². The van der Waals surface area contributed by atoms with Crippen molar-refractivity contribution in [2.24, 2.45) is 0 Å². The number of halogens is 5. The Morgan fingerprint density at radius 2 is 1.56 bits per heavy atom. The minimum Gasteiger partial charge on any atom is -0.490 e. The predicted molar refractivity (Wildman–Crippen MR) is 142 cm³/mol. The molecule has 0 radical (unpaired) electrons. The van der Waals surface area contributed by atoms with Crippen molar-refractivity contribution in [3.05, 3.63) is 57.6 Å². The second-order valence-electron chi connectivity index (χ2n) is 8.58. The van der Waals surface area contributed by atoms with Gasteiger partial charge in [0.15, 0.2) is 5.75 Å². The first-order valence-corrected chi connectivity index (χ1v) is 14.1. The number of carbonyl (C=O) groups excluding carboxylic acids is 1. The monoisotopic (exact) mass is 586 g/mol. The molecule has 36 heavy (non-hydrogen) atoms. The maximum atomic E-state index is 14.2. The zero-order valence-corrected chi connectivity index (χ0v) is 22.6. The molecular weight excluding hydrogens is 557 g/mol. The fourth-order valence-electron chi connectivity index (χ4n) is 3.24. The molecule has 0 bridgehead atoms. The van der Waals surface area contributed by atoms with Gasteiger partial charge in [-0.1, -0.05) is 56.6 Å². The smallest absolute Gasteiger partial charge is 0.461 e. The highest BCUT2D eigenvalue weighted by molar-refractivity contribution is 7.90. The summed E-state index contributed by atoms with van der Waals surface area (Å²) in [5.41, 5.74) is 0.928. The Morgan fingerprint density at radius 1 is 1.00 bits per heavy atom. The number of rotatable bonds is 13. The Bertz CT molecular complexity index is 1110. The lowest BCUT2D eigenvalue weighted by Gasteiger charge is -2.27. The number of hydrogen-bond donors (Lipinski definition) is 0. The van der Waals surface area contributed by atoms with Gasteiger partial charge in [-0.2, -0.15) is 8.78 Å². The second-order valence-corrected chi connectivity index (χ2v) is 12.0. The molecule has 0 aliphatic carbocycles. The standard InChI is InChI=1S/C24H27Cl3F2O5S.CH4/c1-23(2,17-14-19(26)22(20(27)15-17)33-12-5-11-25)16-7-9-18(10-8-16)34-24(28,29)21(30)6-4-13-35(3,31)32;/h7-10,14-15H,4-6,11-13H2,1-3H3;1H4. The lowest BCUT2D eigenvalue weighted by molar-refractivity contribution is -0.190. The van der Waals surface area contributed by atoms with Crippen LogP contribution in [0.5, 0.6) is 11.5 Å². The van der Waals surface area contributed by atoms with Crippen molar-refractivity contribution >= 4 is 50.4 Å². The number of ketones is 1. The van der Waals surface area contributed by atoms with Gasteiger partial charge in [0.1, 0.15) is 15.6 Å². The van der Waals surface area contributed by atoms with E-state index in [2.05, 4.69) is 4.74 Å². The normalized spacial score (nSPS) is 12.1. The van der Waals surface area contributed by atoms with Gasteiger partial charge in [-0.3, -0.25) is 4.79 Å². The topological polar surface area (TPSA) is 69.7 Å². The second kappa shape index (κ2) is 13.3. The summed E-state index contributed by atoms with van der Waals surface area (Å²) in [5, 5.41) is 0.674. The first-order valence-electron chi connectivity index (χ1n) is 10.7. The molecule has 0 saturated carbocycles. The van der Waals surface area contributed by atoms with Crippen molar-refractivity contribution in [3.8, 4) is 11.5 Å². The van der Waals surface area contributed by atoms with E-state index >= 15 is 0 Å². The van der Waals surface area contributed by atoms with E-state index in [9.17, 15) is 22.0 Å². The van der Waals surface area contributed by atoms with Crippen LogP contribution in [0.15, 0.2) is 36.4 Å². The number of ether oxygens (including phenoxy) is 2. The molecule has 11 heteroatoms. The van der Waals surface area contributed by atoms with Crippen LogP contribution < -0.4 is 9.47 Å². The Kier molecular flexibility index (Phi) is 11.9. The van der Waals surface area contributed by atoms with Crippen LogP contribution in [-0.2, 0) is 20.0 Å². The number of Topliss-reactive ketones (excluding diaryl/α,β-unsaturated/α-hetero) is 1. The van der Waals surface area contributed by atoms with Crippen LogP contribution in [0.25, 0.3) is 0 Å². The third kappa shape index (κ3) is 9.05. The molecule has 2 rings (SSSR count). The van der Waals surface area contributed by atoms with Gasteiger partial charge in [-0.25, -0.2) is 8.42 Å². The van der Waals surface area contributed by atoms with Gasteiger partial charge in [0.2, 0.25) is 5.78 Å². The van der Waals surface area contributed by atoms with Gasteiger partial charge in [-0.05, 0) is 48.2 Å². The summed E-state index contributed by atoms with van der Waals surface area (Å²) in [6, 6.07) is 9.34. The summed E-state index contributed by atoms with van der Waals surface area (Å²) in [4.78, 5) is 11.8. The lowest BCUT2D eigenvalue weighted by atomic mass is 9.78. The summed E-state index contributed by atoms with van der Waals surface area (Å²) in [6.45, 7) is 4.20. The third-order valence-electron chi connectivity index (χ3n) is 5.31. The molecule has 0 spiro atoms. The minimum atomic E-state index is -4.07. The molecule has 0 aromatic heterocycles. The highest BCUT2D eigenvalue weighted by atomic mass is 35.5. The van der Waals surface area contributed by atoms with Crippen LogP contribution >= 0.6 is 34.8 Å². The van der Waals surface area contributed by atoms with E-state index in [1.165, 1.54) is 12.1 Å². The SMILES string of the molecule is C.CC(C)(c1ccc(OC(F)(F)C(=O)CCCS(C)(=O)=O)cc1)c1cc(Cl)c(OCCCCl)c(Cl)c1. The Hall–Kier alpha value is -1.61. The highest BCUT2D eigenvalue weighted by Gasteiger charge is 2.41. The van der Waals surface area contributed by atoms with E-state index in [1.54, 1.807) is 24.3 Å². The van der Waals surface area contributed by atoms with Crippen molar-refractivity contribution < 1.29 is 31.5 Å². The number of benzene rings is 2.